The lowest BCUT2D eigenvalue weighted by molar-refractivity contribution is 0.0950. The zero-order chi connectivity index (χ0) is 17.0. The fourth-order valence-electron chi connectivity index (χ4n) is 2.66. The van der Waals surface area contributed by atoms with Gasteiger partial charge in [0.1, 0.15) is 0 Å². The number of aromatic nitrogens is 3. The van der Waals surface area contributed by atoms with Gasteiger partial charge in [-0.15, -0.1) is 0 Å². The zero-order valence-corrected chi connectivity index (χ0v) is 14.1. The van der Waals surface area contributed by atoms with E-state index >= 15 is 0 Å². The van der Waals surface area contributed by atoms with Crippen molar-refractivity contribution >= 4 is 5.91 Å². The first-order chi connectivity index (χ1) is 11.0. The van der Waals surface area contributed by atoms with Crippen LogP contribution in [0.3, 0.4) is 0 Å². The molecule has 0 radical (unpaired) electrons. The third-order valence-electron chi connectivity index (χ3n) is 4.15. The van der Waals surface area contributed by atoms with Crippen molar-refractivity contribution in [1.29, 1.82) is 0 Å². The number of carbonyl (C=O) groups excluding carboxylic acids is 1. The van der Waals surface area contributed by atoms with Crippen LogP contribution in [0.25, 0.3) is 0 Å². The van der Waals surface area contributed by atoms with Crippen LogP contribution in [-0.4, -0.2) is 20.7 Å². The summed E-state index contributed by atoms with van der Waals surface area (Å²) in [6.07, 6.45) is 3.54. The number of amides is 1. The second kappa shape index (κ2) is 7.26. The van der Waals surface area contributed by atoms with E-state index in [1.165, 1.54) is 0 Å². The maximum absolute atomic E-state index is 12.4. The SMILES string of the molecule is CCC(CC)n1ncc(C(=O)NCc2ccc(C)[nH]c2=O)c1C. The van der Waals surface area contributed by atoms with Gasteiger partial charge in [-0.25, -0.2) is 0 Å². The van der Waals surface area contributed by atoms with Crippen molar-refractivity contribution in [3.8, 4) is 0 Å². The van der Waals surface area contributed by atoms with Gasteiger partial charge in [0.15, 0.2) is 0 Å². The smallest absolute Gasteiger partial charge is 0.255 e. The Balaban J connectivity index is 2.11. The lowest BCUT2D eigenvalue weighted by Crippen LogP contribution is -2.27. The molecule has 0 aliphatic rings. The normalized spacial score (nSPS) is 11.0. The van der Waals surface area contributed by atoms with Gasteiger partial charge in [-0.05, 0) is 32.8 Å². The Labute approximate surface area is 135 Å². The minimum absolute atomic E-state index is 0.172. The van der Waals surface area contributed by atoms with E-state index in [0.29, 0.717) is 17.2 Å². The van der Waals surface area contributed by atoms with Crippen LogP contribution in [0.4, 0.5) is 0 Å². The molecular formula is C17H24N4O2. The molecular weight excluding hydrogens is 292 g/mol. The Morgan fingerprint density at radius 2 is 2.00 bits per heavy atom. The number of nitrogens with one attached hydrogen (secondary N) is 2. The third-order valence-corrected chi connectivity index (χ3v) is 4.15. The molecule has 0 atom stereocenters. The number of nitrogens with zero attached hydrogens (tertiary/aromatic N) is 2. The van der Waals surface area contributed by atoms with Crippen LogP contribution in [0, 0.1) is 13.8 Å². The Hall–Kier alpha value is -2.37. The van der Waals surface area contributed by atoms with Crippen molar-refractivity contribution in [2.75, 3.05) is 0 Å². The van der Waals surface area contributed by atoms with Crippen LogP contribution in [0.15, 0.2) is 23.1 Å². The van der Waals surface area contributed by atoms with Gasteiger partial charge in [0.05, 0.1) is 17.8 Å². The summed E-state index contributed by atoms with van der Waals surface area (Å²) in [5.41, 5.74) is 2.57. The monoisotopic (exact) mass is 316 g/mol. The molecule has 0 saturated carbocycles. The second-order valence-corrected chi connectivity index (χ2v) is 5.74. The van der Waals surface area contributed by atoms with Gasteiger partial charge in [0.2, 0.25) is 0 Å². The van der Waals surface area contributed by atoms with Gasteiger partial charge in [-0.3, -0.25) is 14.3 Å². The molecule has 6 heteroatoms. The maximum Gasteiger partial charge on any atom is 0.255 e. The number of aromatic amines is 1. The molecule has 124 valence electrons. The van der Waals surface area contributed by atoms with E-state index in [0.717, 1.165) is 24.2 Å². The molecule has 23 heavy (non-hydrogen) atoms. The number of H-pyrrole nitrogens is 1. The number of pyridine rings is 1. The average Bonchev–Trinajstić information content (AvgIpc) is 2.89. The summed E-state index contributed by atoms with van der Waals surface area (Å²) in [6.45, 7) is 8.14. The summed E-state index contributed by atoms with van der Waals surface area (Å²) < 4.78 is 1.91. The fourth-order valence-corrected chi connectivity index (χ4v) is 2.66. The Morgan fingerprint density at radius 3 is 2.61 bits per heavy atom. The van der Waals surface area contributed by atoms with Gasteiger partial charge in [0.25, 0.3) is 11.5 Å². The fraction of sp³-hybridized carbons (Fsp3) is 0.471. The Bertz CT molecular complexity index is 741. The predicted molar refractivity (Wildman–Crippen MR) is 89.6 cm³/mol. The minimum Gasteiger partial charge on any atom is -0.348 e. The molecule has 2 rings (SSSR count). The summed E-state index contributed by atoms with van der Waals surface area (Å²) in [7, 11) is 0. The number of rotatable bonds is 6. The van der Waals surface area contributed by atoms with Crippen molar-refractivity contribution in [2.45, 2.75) is 53.1 Å². The van der Waals surface area contributed by atoms with Gasteiger partial charge < -0.3 is 10.3 Å². The van der Waals surface area contributed by atoms with Crippen molar-refractivity contribution in [1.82, 2.24) is 20.1 Å². The van der Waals surface area contributed by atoms with Crippen molar-refractivity contribution < 1.29 is 4.79 Å². The molecule has 0 aromatic carbocycles. The zero-order valence-electron chi connectivity index (χ0n) is 14.1. The number of carbonyl (C=O) groups is 1. The first kappa shape index (κ1) is 17.0. The highest BCUT2D eigenvalue weighted by Crippen LogP contribution is 2.19. The highest BCUT2D eigenvalue weighted by atomic mass is 16.2. The van der Waals surface area contributed by atoms with Crippen LogP contribution in [0.5, 0.6) is 0 Å². The molecule has 1 amide bonds. The molecule has 0 saturated heterocycles. The number of hydrogen-bond acceptors (Lipinski definition) is 3. The highest BCUT2D eigenvalue weighted by Gasteiger charge is 2.17. The van der Waals surface area contributed by atoms with Crippen molar-refractivity contribution in [3.05, 3.63) is 51.2 Å². The summed E-state index contributed by atoms with van der Waals surface area (Å²) >= 11 is 0. The summed E-state index contributed by atoms with van der Waals surface area (Å²) in [5.74, 6) is -0.209. The number of hydrogen-bond donors (Lipinski definition) is 2. The number of aryl methyl sites for hydroxylation is 1. The molecule has 6 nitrogen and oxygen atoms in total. The van der Waals surface area contributed by atoms with Crippen LogP contribution < -0.4 is 10.9 Å². The van der Waals surface area contributed by atoms with E-state index in [-0.39, 0.29) is 18.0 Å². The molecule has 0 aliphatic carbocycles. The largest absolute Gasteiger partial charge is 0.348 e. The van der Waals surface area contributed by atoms with Crippen LogP contribution >= 0.6 is 0 Å². The summed E-state index contributed by atoms with van der Waals surface area (Å²) in [4.78, 5) is 26.9. The first-order valence-corrected chi connectivity index (χ1v) is 7.99. The van der Waals surface area contributed by atoms with E-state index in [1.54, 1.807) is 12.3 Å². The summed E-state index contributed by atoms with van der Waals surface area (Å²) in [5, 5.41) is 7.14. The van der Waals surface area contributed by atoms with E-state index < -0.39 is 0 Å². The molecule has 0 bridgehead atoms. The Kier molecular flexibility index (Phi) is 5.36. The van der Waals surface area contributed by atoms with Crippen LogP contribution in [0.1, 0.15) is 60.0 Å². The maximum atomic E-state index is 12.4. The molecule has 0 spiro atoms. The van der Waals surface area contributed by atoms with Gasteiger partial charge in [-0.2, -0.15) is 5.10 Å². The lowest BCUT2D eigenvalue weighted by Gasteiger charge is -2.15. The summed E-state index contributed by atoms with van der Waals surface area (Å²) in [6, 6.07) is 3.85. The highest BCUT2D eigenvalue weighted by molar-refractivity contribution is 5.95. The van der Waals surface area contributed by atoms with E-state index in [4.69, 9.17) is 0 Å². The molecule has 2 N–H and O–H groups in total. The van der Waals surface area contributed by atoms with Crippen molar-refractivity contribution in [3.63, 3.8) is 0 Å². The van der Waals surface area contributed by atoms with E-state index in [1.807, 2.05) is 24.6 Å². The lowest BCUT2D eigenvalue weighted by atomic mass is 10.1. The van der Waals surface area contributed by atoms with Gasteiger partial charge in [0, 0.05) is 23.5 Å². The molecule has 0 aliphatic heterocycles. The predicted octanol–water partition coefficient (Wildman–Crippen LogP) is 2.48. The quantitative estimate of drug-likeness (QED) is 0.859. The minimum atomic E-state index is -0.209. The average molecular weight is 316 g/mol. The standard InChI is InChI=1S/C17H24N4O2/c1-5-14(6-2)21-12(4)15(10-19-21)17(23)18-9-13-8-7-11(3)20-16(13)22/h7-8,10,14H,5-6,9H2,1-4H3,(H,18,23)(H,20,22). The molecule has 0 unspecified atom stereocenters. The van der Waals surface area contributed by atoms with Gasteiger partial charge in [-0.1, -0.05) is 19.9 Å². The molecule has 2 aromatic rings. The second-order valence-electron chi connectivity index (χ2n) is 5.74. The van der Waals surface area contributed by atoms with E-state index in [9.17, 15) is 9.59 Å². The molecule has 2 aromatic heterocycles. The first-order valence-electron chi connectivity index (χ1n) is 7.99. The van der Waals surface area contributed by atoms with Crippen LogP contribution in [-0.2, 0) is 6.54 Å². The third kappa shape index (κ3) is 3.70. The molecule has 0 fully saturated rings. The Morgan fingerprint density at radius 1 is 1.30 bits per heavy atom. The van der Waals surface area contributed by atoms with Crippen molar-refractivity contribution in [2.24, 2.45) is 0 Å². The van der Waals surface area contributed by atoms with E-state index in [2.05, 4.69) is 29.2 Å². The topological polar surface area (TPSA) is 79.8 Å². The molecule has 2 heterocycles. The van der Waals surface area contributed by atoms with Gasteiger partial charge >= 0.3 is 0 Å². The van der Waals surface area contributed by atoms with Crippen LogP contribution in [0.2, 0.25) is 0 Å².